The quantitative estimate of drug-likeness (QED) is 0.713. The van der Waals surface area contributed by atoms with E-state index in [1.165, 1.54) is 0 Å². The number of benzene rings is 1. The van der Waals surface area contributed by atoms with Gasteiger partial charge in [0.2, 0.25) is 5.91 Å². The van der Waals surface area contributed by atoms with Gasteiger partial charge >= 0.3 is 0 Å². The molecule has 1 N–H and O–H groups in total. The number of carbonyl (C=O) groups excluding carboxylic acids is 1. The number of nitrogens with one attached hydrogen (secondary N) is 1. The van der Waals surface area contributed by atoms with Gasteiger partial charge in [-0.2, -0.15) is 0 Å². The molecule has 2 nitrogen and oxygen atoms in total. The molecule has 0 bridgehead atoms. The van der Waals surface area contributed by atoms with Gasteiger partial charge in [-0.05, 0) is 5.56 Å². The number of carbonyl (C=O) groups is 1. The lowest BCUT2D eigenvalue weighted by molar-refractivity contribution is -0.119. The fourth-order valence-corrected chi connectivity index (χ4v) is 1.81. The second kappa shape index (κ2) is 3.13. The molecule has 14 heavy (non-hydrogen) atoms. The highest BCUT2D eigenvalue weighted by Gasteiger charge is 2.45. The molecule has 1 aliphatic heterocycles. The number of thiocarbonyl (C=S) groups is 1. The number of hydrogen-bond donors (Lipinski definition) is 1. The van der Waals surface area contributed by atoms with Crippen molar-refractivity contribution in [2.24, 2.45) is 0 Å². The number of hydrogen-bond acceptors (Lipinski definition) is 2. The van der Waals surface area contributed by atoms with Gasteiger partial charge in [-0.25, -0.2) is 4.39 Å². The van der Waals surface area contributed by atoms with Crippen LogP contribution in [-0.2, 0) is 10.5 Å². The lowest BCUT2D eigenvalue weighted by Crippen LogP contribution is -2.29. The van der Waals surface area contributed by atoms with E-state index in [1.54, 1.807) is 30.3 Å². The maximum atomic E-state index is 14.3. The second-order valence-electron chi connectivity index (χ2n) is 3.22. The van der Waals surface area contributed by atoms with Crippen LogP contribution < -0.4 is 5.32 Å². The molecule has 1 unspecified atom stereocenters. The molecule has 0 aliphatic carbocycles. The SMILES string of the molecule is O=C1CC(F)(c2ccccc2)C(=S)N1. The Morgan fingerprint density at radius 1 is 1.36 bits per heavy atom. The summed E-state index contributed by atoms with van der Waals surface area (Å²) in [6.45, 7) is 0. The van der Waals surface area contributed by atoms with Crippen LogP contribution in [0.2, 0.25) is 0 Å². The third kappa shape index (κ3) is 1.32. The van der Waals surface area contributed by atoms with Crippen molar-refractivity contribution in [2.45, 2.75) is 12.1 Å². The van der Waals surface area contributed by atoms with Gasteiger partial charge in [0.05, 0.1) is 6.42 Å². The molecule has 0 radical (unpaired) electrons. The van der Waals surface area contributed by atoms with Crippen LogP contribution in [0.25, 0.3) is 0 Å². The molecule has 0 aromatic heterocycles. The smallest absolute Gasteiger partial charge is 0.228 e. The molecular weight excluding hydrogens is 201 g/mol. The monoisotopic (exact) mass is 209 g/mol. The minimum atomic E-state index is -1.81. The van der Waals surface area contributed by atoms with Crippen LogP contribution in [0, 0.1) is 0 Å². The Hall–Kier alpha value is -1.29. The number of alkyl halides is 1. The average Bonchev–Trinajstić information content (AvgIpc) is 2.43. The zero-order valence-corrected chi connectivity index (χ0v) is 8.10. The van der Waals surface area contributed by atoms with E-state index in [2.05, 4.69) is 5.32 Å². The summed E-state index contributed by atoms with van der Waals surface area (Å²) in [5, 5.41) is 2.32. The lowest BCUT2D eigenvalue weighted by Gasteiger charge is -2.17. The summed E-state index contributed by atoms with van der Waals surface area (Å²) in [5.41, 5.74) is -1.38. The maximum Gasteiger partial charge on any atom is 0.228 e. The van der Waals surface area contributed by atoms with Gasteiger partial charge in [0.25, 0.3) is 0 Å². The van der Waals surface area contributed by atoms with Crippen molar-refractivity contribution >= 4 is 23.1 Å². The molecule has 1 saturated heterocycles. The Morgan fingerprint density at radius 3 is 2.50 bits per heavy atom. The molecule has 1 heterocycles. The third-order valence-electron chi connectivity index (χ3n) is 2.25. The summed E-state index contributed by atoms with van der Waals surface area (Å²) in [6.07, 6.45) is -0.212. The molecule has 0 saturated carbocycles. The highest BCUT2D eigenvalue weighted by atomic mass is 32.1. The van der Waals surface area contributed by atoms with Gasteiger partial charge in [0.1, 0.15) is 4.99 Å². The average molecular weight is 209 g/mol. The fourth-order valence-electron chi connectivity index (χ4n) is 1.51. The van der Waals surface area contributed by atoms with Gasteiger partial charge in [0.15, 0.2) is 5.67 Å². The molecule has 1 amide bonds. The first-order valence-electron chi connectivity index (χ1n) is 4.22. The minimum Gasteiger partial charge on any atom is -0.317 e. The molecule has 1 atom stereocenters. The first-order chi connectivity index (χ1) is 6.63. The Labute approximate surface area is 86.1 Å². The molecular formula is C10H8FNOS. The van der Waals surface area contributed by atoms with Gasteiger partial charge in [0, 0.05) is 0 Å². The Morgan fingerprint density at radius 2 is 2.00 bits per heavy atom. The molecule has 2 rings (SSSR count). The summed E-state index contributed by atoms with van der Waals surface area (Å²) in [6, 6.07) is 8.50. The van der Waals surface area contributed by atoms with Gasteiger partial charge in [-0.1, -0.05) is 42.5 Å². The Balaban J connectivity index is 2.43. The zero-order valence-electron chi connectivity index (χ0n) is 7.29. The van der Waals surface area contributed by atoms with Crippen molar-refractivity contribution in [3.8, 4) is 0 Å². The summed E-state index contributed by atoms with van der Waals surface area (Å²) >= 11 is 4.81. The van der Waals surface area contributed by atoms with Crippen LogP contribution in [0.15, 0.2) is 30.3 Å². The van der Waals surface area contributed by atoms with E-state index in [9.17, 15) is 9.18 Å². The van der Waals surface area contributed by atoms with Crippen molar-refractivity contribution in [2.75, 3.05) is 0 Å². The number of amides is 1. The Bertz CT molecular complexity index is 392. The molecule has 4 heteroatoms. The predicted octanol–water partition coefficient (Wildman–Crippen LogP) is 1.70. The number of rotatable bonds is 1. The molecule has 0 spiro atoms. The van der Waals surface area contributed by atoms with E-state index in [0.717, 1.165) is 0 Å². The van der Waals surface area contributed by atoms with E-state index in [1.807, 2.05) is 0 Å². The molecule has 72 valence electrons. The summed E-state index contributed by atoms with van der Waals surface area (Å²) in [5.74, 6) is -0.360. The largest absolute Gasteiger partial charge is 0.317 e. The normalized spacial score (nSPS) is 26.4. The Kier molecular flexibility index (Phi) is 2.07. The van der Waals surface area contributed by atoms with Crippen molar-refractivity contribution in [1.82, 2.24) is 5.32 Å². The predicted molar refractivity (Wildman–Crippen MR) is 54.6 cm³/mol. The van der Waals surface area contributed by atoms with Gasteiger partial charge < -0.3 is 5.32 Å². The molecule has 1 fully saturated rings. The summed E-state index contributed by atoms with van der Waals surface area (Å²) < 4.78 is 14.3. The molecule has 1 aromatic rings. The first kappa shape index (κ1) is 9.27. The van der Waals surface area contributed by atoms with Gasteiger partial charge in [-0.3, -0.25) is 4.79 Å². The lowest BCUT2D eigenvalue weighted by atomic mass is 9.95. The maximum absolute atomic E-state index is 14.3. The standard InChI is InChI=1S/C10H8FNOS/c11-10(6-8(13)12-9(10)14)7-4-2-1-3-5-7/h1-5H,6H2,(H,12,13,14). The van der Waals surface area contributed by atoms with Crippen LogP contribution in [-0.4, -0.2) is 10.9 Å². The highest BCUT2D eigenvalue weighted by Crippen LogP contribution is 2.34. The summed E-state index contributed by atoms with van der Waals surface area (Å²) in [4.78, 5) is 11.0. The number of halogens is 1. The van der Waals surface area contributed by atoms with Crippen molar-refractivity contribution in [1.29, 1.82) is 0 Å². The van der Waals surface area contributed by atoms with Crippen molar-refractivity contribution in [3.05, 3.63) is 35.9 Å². The van der Waals surface area contributed by atoms with Crippen LogP contribution in [0.4, 0.5) is 4.39 Å². The van der Waals surface area contributed by atoms with E-state index in [0.29, 0.717) is 5.56 Å². The van der Waals surface area contributed by atoms with Crippen molar-refractivity contribution in [3.63, 3.8) is 0 Å². The van der Waals surface area contributed by atoms with Crippen LogP contribution >= 0.6 is 12.2 Å². The first-order valence-corrected chi connectivity index (χ1v) is 4.62. The van der Waals surface area contributed by atoms with E-state index >= 15 is 0 Å². The topological polar surface area (TPSA) is 29.1 Å². The third-order valence-corrected chi connectivity index (χ3v) is 2.67. The van der Waals surface area contributed by atoms with E-state index in [4.69, 9.17) is 12.2 Å². The highest BCUT2D eigenvalue weighted by molar-refractivity contribution is 7.80. The van der Waals surface area contributed by atoms with E-state index < -0.39 is 5.67 Å². The summed E-state index contributed by atoms with van der Waals surface area (Å²) in [7, 11) is 0. The van der Waals surface area contributed by atoms with Crippen LogP contribution in [0.5, 0.6) is 0 Å². The molecule has 1 aliphatic rings. The van der Waals surface area contributed by atoms with E-state index in [-0.39, 0.29) is 17.3 Å². The molecule has 1 aromatic carbocycles. The zero-order chi connectivity index (χ0) is 10.2. The van der Waals surface area contributed by atoms with Crippen molar-refractivity contribution < 1.29 is 9.18 Å². The fraction of sp³-hybridized carbons (Fsp3) is 0.200. The second-order valence-corrected chi connectivity index (χ2v) is 3.63. The minimum absolute atomic E-state index is 0.0336. The van der Waals surface area contributed by atoms with Crippen LogP contribution in [0.3, 0.4) is 0 Å². The van der Waals surface area contributed by atoms with Gasteiger partial charge in [-0.15, -0.1) is 0 Å². The van der Waals surface area contributed by atoms with Crippen LogP contribution in [0.1, 0.15) is 12.0 Å².